The highest BCUT2D eigenvalue weighted by molar-refractivity contribution is 5.90. The number of hydrogen-bond acceptors (Lipinski definition) is 6. The van der Waals surface area contributed by atoms with Gasteiger partial charge in [-0.3, -0.25) is 4.79 Å². The molecule has 0 aliphatic carbocycles. The lowest BCUT2D eigenvalue weighted by Gasteiger charge is -2.31. The van der Waals surface area contributed by atoms with Crippen LogP contribution in [0.15, 0.2) is 73.3 Å². The minimum absolute atomic E-state index is 0.0198. The van der Waals surface area contributed by atoms with E-state index in [1.165, 1.54) is 18.0 Å². The largest absolute Gasteiger partial charge is 0.460 e. The van der Waals surface area contributed by atoms with E-state index >= 15 is 0 Å². The van der Waals surface area contributed by atoms with Crippen LogP contribution in [0.1, 0.15) is 31.9 Å². The maximum atomic E-state index is 13.5. The second-order valence-electron chi connectivity index (χ2n) is 9.27. The number of rotatable bonds is 12. The third-order valence-corrected chi connectivity index (χ3v) is 5.09. The Balaban J connectivity index is 2.21. The molecule has 2 aromatic carbocycles. The summed E-state index contributed by atoms with van der Waals surface area (Å²) >= 11 is 0. The van der Waals surface area contributed by atoms with E-state index in [4.69, 9.17) is 14.2 Å². The van der Waals surface area contributed by atoms with Gasteiger partial charge in [0.05, 0.1) is 13.2 Å². The van der Waals surface area contributed by atoms with Gasteiger partial charge in [0.2, 0.25) is 5.91 Å². The number of nitrogens with zero attached hydrogens (tertiary/aromatic N) is 1. The van der Waals surface area contributed by atoms with Crippen molar-refractivity contribution in [2.45, 2.75) is 51.5 Å². The van der Waals surface area contributed by atoms with E-state index in [-0.39, 0.29) is 26.2 Å². The van der Waals surface area contributed by atoms with Gasteiger partial charge in [0.15, 0.2) is 0 Å². The quantitative estimate of drug-likeness (QED) is 0.354. The smallest absolute Gasteiger partial charge is 0.408 e. The number of carbonyl (C=O) groups is 3. The highest BCUT2D eigenvalue weighted by Crippen LogP contribution is 2.13. The third kappa shape index (κ3) is 9.92. The summed E-state index contributed by atoms with van der Waals surface area (Å²) < 4.78 is 16.4. The summed E-state index contributed by atoms with van der Waals surface area (Å²) in [6, 6.07) is 16.8. The van der Waals surface area contributed by atoms with Crippen molar-refractivity contribution in [3.63, 3.8) is 0 Å². The monoisotopic (exact) mass is 496 g/mol. The molecular formula is C28H36N2O6. The second-order valence-corrected chi connectivity index (χ2v) is 9.27. The molecule has 0 aliphatic rings. The SMILES string of the molecule is C=CCOC(=O)[C@H](Cc1ccccc1)N(C)C(=O)[C@H](COCc1ccccc1)NC(=O)OC(C)(C)C. The van der Waals surface area contributed by atoms with Crippen molar-refractivity contribution >= 4 is 18.0 Å². The number of likely N-dealkylation sites (N-methyl/N-ethyl adjacent to an activating group) is 1. The molecule has 0 unspecified atom stereocenters. The van der Waals surface area contributed by atoms with Gasteiger partial charge in [-0.05, 0) is 31.9 Å². The fraction of sp³-hybridized carbons (Fsp3) is 0.393. The Kier molecular flexibility index (Phi) is 11.1. The van der Waals surface area contributed by atoms with E-state index in [2.05, 4.69) is 11.9 Å². The molecule has 0 saturated carbocycles. The fourth-order valence-corrected chi connectivity index (χ4v) is 3.35. The summed E-state index contributed by atoms with van der Waals surface area (Å²) in [5.74, 6) is -1.08. The van der Waals surface area contributed by atoms with Crippen LogP contribution in [0.2, 0.25) is 0 Å². The molecule has 0 spiro atoms. The maximum Gasteiger partial charge on any atom is 0.408 e. The standard InChI is InChI=1S/C28H36N2O6/c1-6-17-35-26(32)24(18-21-13-9-7-10-14-21)30(5)25(31)23(29-27(33)36-28(2,3)4)20-34-19-22-15-11-8-12-16-22/h6-16,23-24H,1,17-20H2,2-5H3,(H,29,33)/t23-,24-/m0/s1. The summed E-state index contributed by atoms with van der Waals surface area (Å²) in [6.45, 7) is 8.91. The van der Waals surface area contributed by atoms with Crippen molar-refractivity contribution in [2.24, 2.45) is 0 Å². The third-order valence-electron chi connectivity index (χ3n) is 5.09. The molecule has 194 valence electrons. The molecule has 0 bridgehead atoms. The van der Waals surface area contributed by atoms with Crippen molar-refractivity contribution < 1.29 is 28.6 Å². The summed E-state index contributed by atoms with van der Waals surface area (Å²) in [5, 5.41) is 2.60. The van der Waals surface area contributed by atoms with Gasteiger partial charge in [0.1, 0.15) is 24.3 Å². The van der Waals surface area contributed by atoms with Crippen LogP contribution in [0.4, 0.5) is 4.79 Å². The molecule has 0 heterocycles. The number of carbonyl (C=O) groups excluding carboxylic acids is 3. The summed E-state index contributed by atoms with van der Waals surface area (Å²) in [7, 11) is 1.51. The number of hydrogen-bond donors (Lipinski definition) is 1. The van der Waals surface area contributed by atoms with Crippen molar-refractivity contribution in [1.82, 2.24) is 10.2 Å². The molecule has 1 N–H and O–H groups in total. The first-order valence-corrected chi connectivity index (χ1v) is 11.8. The van der Waals surface area contributed by atoms with Crippen LogP contribution < -0.4 is 5.32 Å². The number of alkyl carbamates (subject to hydrolysis) is 1. The van der Waals surface area contributed by atoms with Gasteiger partial charge in [-0.1, -0.05) is 73.3 Å². The highest BCUT2D eigenvalue weighted by Gasteiger charge is 2.34. The van der Waals surface area contributed by atoms with Gasteiger partial charge in [-0.15, -0.1) is 0 Å². The second kappa shape index (κ2) is 14.0. The number of esters is 1. The first-order chi connectivity index (χ1) is 17.1. The first kappa shape index (κ1) is 28.6. The molecule has 0 saturated heterocycles. The Bertz CT molecular complexity index is 988. The van der Waals surface area contributed by atoms with E-state index in [0.717, 1.165) is 11.1 Å². The average Bonchev–Trinajstić information content (AvgIpc) is 2.84. The normalized spacial score (nSPS) is 12.7. The topological polar surface area (TPSA) is 94.2 Å². The van der Waals surface area contributed by atoms with Crippen molar-refractivity contribution in [3.8, 4) is 0 Å². The van der Waals surface area contributed by atoms with Crippen LogP contribution in [0, 0.1) is 0 Å². The zero-order valence-electron chi connectivity index (χ0n) is 21.4. The first-order valence-electron chi connectivity index (χ1n) is 11.8. The minimum atomic E-state index is -1.08. The van der Waals surface area contributed by atoms with Crippen molar-refractivity contribution in [3.05, 3.63) is 84.4 Å². The number of nitrogens with one attached hydrogen (secondary N) is 1. The molecule has 0 aromatic heterocycles. The summed E-state index contributed by atoms with van der Waals surface area (Å²) in [4.78, 5) is 40.2. The number of amides is 2. The molecule has 8 nitrogen and oxygen atoms in total. The van der Waals surface area contributed by atoms with E-state index in [1.807, 2.05) is 60.7 Å². The predicted molar refractivity (Wildman–Crippen MR) is 137 cm³/mol. The molecule has 2 atom stereocenters. The van der Waals surface area contributed by atoms with Crippen LogP contribution in [-0.2, 0) is 36.8 Å². The van der Waals surface area contributed by atoms with Gasteiger partial charge >= 0.3 is 12.1 Å². The summed E-state index contributed by atoms with van der Waals surface area (Å²) in [5.41, 5.74) is 1.03. The number of ether oxygens (including phenoxy) is 3. The Morgan fingerprint density at radius 1 is 1.00 bits per heavy atom. The molecule has 2 rings (SSSR count). The van der Waals surface area contributed by atoms with Gasteiger partial charge < -0.3 is 24.4 Å². The Hall–Kier alpha value is -3.65. The lowest BCUT2D eigenvalue weighted by Crippen LogP contribution is -2.55. The Labute approximate surface area is 213 Å². The minimum Gasteiger partial charge on any atom is -0.460 e. The van der Waals surface area contributed by atoms with Crippen LogP contribution in [0.25, 0.3) is 0 Å². The molecule has 2 aromatic rings. The molecule has 0 aliphatic heterocycles. The molecule has 8 heteroatoms. The van der Waals surface area contributed by atoms with Gasteiger partial charge in [0, 0.05) is 13.5 Å². The Morgan fingerprint density at radius 3 is 2.14 bits per heavy atom. The van der Waals surface area contributed by atoms with Crippen LogP contribution in [-0.4, -0.2) is 60.8 Å². The van der Waals surface area contributed by atoms with Crippen LogP contribution >= 0.6 is 0 Å². The van der Waals surface area contributed by atoms with Crippen LogP contribution in [0.5, 0.6) is 0 Å². The molecule has 0 fully saturated rings. The molecule has 0 radical (unpaired) electrons. The lowest BCUT2D eigenvalue weighted by molar-refractivity contribution is -0.154. The maximum absolute atomic E-state index is 13.5. The van der Waals surface area contributed by atoms with Gasteiger partial charge in [-0.2, -0.15) is 0 Å². The predicted octanol–water partition coefficient (Wildman–Crippen LogP) is 3.90. The highest BCUT2D eigenvalue weighted by atomic mass is 16.6. The zero-order valence-corrected chi connectivity index (χ0v) is 21.4. The number of benzene rings is 2. The summed E-state index contributed by atoms with van der Waals surface area (Å²) in [6.07, 6.45) is 0.943. The van der Waals surface area contributed by atoms with E-state index < -0.39 is 35.7 Å². The average molecular weight is 497 g/mol. The van der Waals surface area contributed by atoms with Gasteiger partial charge in [0.25, 0.3) is 0 Å². The molecule has 2 amide bonds. The van der Waals surface area contributed by atoms with Crippen molar-refractivity contribution in [1.29, 1.82) is 0 Å². The molecule has 36 heavy (non-hydrogen) atoms. The van der Waals surface area contributed by atoms with E-state index in [0.29, 0.717) is 0 Å². The van der Waals surface area contributed by atoms with E-state index in [1.54, 1.807) is 20.8 Å². The zero-order chi connectivity index (χ0) is 26.6. The van der Waals surface area contributed by atoms with Crippen molar-refractivity contribution in [2.75, 3.05) is 20.3 Å². The van der Waals surface area contributed by atoms with Crippen LogP contribution in [0.3, 0.4) is 0 Å². The van der Waals surface area contributed by atoms with E-state index in [9.17, 15) is 14.4 Å². The Morgan fingerprint density at radius 2 is 1.58 bits per heavy atom. The fourth-order valence-electron chi connectivity index (χ4n) is 3.35. The lowest BCUT2D eigenvalue weighted by atomic mass is 10.0. The van der Waals surface area contributed by atoms with Gasteiger partial charge in [-0.25, -0.2) is 9.59 Å². The molecular weight excluding hydrogens is 460 g/mol.